The minimum absolute atomic E-state index is 0.0225. The Labute approximate surface area is 99.0 Å². The van der Waals surface area contributed by atoms with E-state index >= 15 is 0 Å². The van der Waals surface area contributed by atoms with Crippen molar-refractivity contribution >= 4 is 17.6 Å². The number of aliphatic carboxylic acids is 1. The number of carboxylic acid groups (broad SMARTS) is 1. The molecule has 0 spiro atoms. The predicted octanol–water partition coefficient (Wildman–Crippen LogP) is 0.665. The minimum Gasteiger partial charge on any atom is -0.481 e. The van der Waals surface area contributed by atoms with Crippen molar-refractivity contribution < 1.29 is 19.5 Å². The van der Waals surface area contributed by atoms with E-state index in [1.54, 1.807) is 6.92 Å². The van der Waals surface area contributed by atoms with Crippen LogP contribution in [0, 0.1) is 0 Å². The Morgan fingerprint density at radius 1 is 1.59 bits per heavy atom. The molecule has 6 nitrogen and oxygen atoms in total. The summed E-state index contributed by atoms with van der Waals surface area (Å²) in [6.45, 7) is 1.80. The summed E-state index contributed by atoms with van der Waals surface area (Å²) in [6.07, 6.45) is 2.26. The van der Waals surface area contributed by atoms with Crippen molar-refractivity contribution in [3.8, 4) is 0 Å². The first kappa shape index (κ1) is 11.9. The maximum absolute atomic E-state index is 11.9. The quantitative estimate of drug-likeness (QED) is 0.755. The maximum atomic E-state index is 11.9. The SMILES string of the molecule is CC1=NO[C@@H](C(=O)NC2(CC(=O)O)CCC2)C1. The number of rotatable bonds is 4. The Balaban J connectivity index is 1.91. The lowest BCUT2D eigenvalue weighted by molar-refractivity contribution is -0.142. The molecule has 0 aromatic rings. The summed E-state index contributed by atoms with van der Waals surface area (Å²) in [5.74, 6) is -1.14. The lowest BCUT2D eigenvalue weighted by atomic mass is 9.74. The molecule has 1 aliphatic heterocycles. The maximum Gasteiger partial charge on any atom is 0.305 e. The molecule has 6 heteroatoms. The Morgan fingerprint density at radius 3 is 2.71 bits per heavy atom. The normalized spacial score (nSPS) is 25.5. The molecule has 2 N–H and O–H groups in total. The second kappa shape index (κ2) is 4.35. The molecule has 1 saturated carbocycles. The third kappa shape index (κ3) is 2.57. The number of nitrogens with zero attached hydrogens (tertiary/aromatic N) is 1. The van der Waals surface area contributed by atoms with E-state index in [0.29, 0.717) is 6.42 Å². The van der Waals surface area contributed by atoms with Gasteiger partial charge in [0.2, 0.25) is 6.10 Å². The van der Waals surface area contributed by atoms with Crippen molar-refractivity contribution in [2.24, 2.45) is 5.16 Å². The summed E-state index contributed by atoms with van der Waals surface area (Å²) in [7, 11) is 0. The van der Waals surface area contributed by atoms with Crippen LogP contribution in [0.5, 0.6) is 0 Å². The fourth-order valence-electron chi connectivity index (χ4n) is 2.22. The standard InChI is InChI=1S/C11H16N2O4/c1-7-5-8(17-13-7)10(16)12-11(3-2-4-11)6-9(14)15/h8H,2-6H2,1H3,(H,12,16)(H,14,15)/t8-/m1/s1. The lowest BCUT2D eigenvalue weighted by Crippen LogP contribution is -2.57. The number of carbonyl (C=O) groups is 2. The fourth-order valence-corrected chi connectivity index (χ4v) is 2.22. The Morgan fingerprint density at radius 2 is 2.29 bits per heavy atom. The van der Waals surface area contributed by atoms with Gasteiger partial charge in [-0.3, -0.25) is 9.59 Å². The molecule has 94 valence electrons. The molecule has 1 fully saturated rings. The molecular formula is C11H16N2O4. The van der Waals surface area contributed by atoms with E-state index in [1.165, 1.54) is 0 Å². The molecule has 0 aromatic carbocycles. The van der Waals surface area contributed by atoms with Crippen molar-refractivity contribution in [1.82, 2.24) is 5.32 Å². The van der Waals surface area contributed by atoms with Gasteiger partial charge in [0.15, 0.2) is 0 Å². The number of carboxylic acids is 1. The molecule has 1 atom stereocenters. The predicted molar refractivity (Wildman–Crippen MR) is 59.6 cm³/mol. The fraction of sp³-hybridized carbons (Fsp3) is 0.727. The summed E-state index contributed by atoms with van der Waals surface area (Å²) < 4.78 is 0. The molecule has 0 aromatic heterocycles. The number of nitrogens with one attached hydrogen (secondary N) is 1. The average molecular weight is 240 g/mol. The largest absolute Gasteiger partial charge is 0.481 e. The van der Waals surface area contributed by atoms with Crippen molar-refractivity contribution in [2.45, 2.75) is 50.7 Å². The van der Waals surface area contributed by atoms with Gasteiger partial charge in [-0.05, 0) is 26.2 Å². The molecule has 1 amide bonds. The highest BCUT2D eigenvalue weighted by Gasteiger charge is 2.42. The third-order valence-electron chi connectivity index (χ3n) is 3.30. The van der Waals surface area contributed by atoms with Crippen LogP contribution in [-0.2, 0) is 14.4 Å². The summed E-state index contributed by atoms with van der Waals surface area (Å²) in [5, 5.41) is 15.3. The first-order valence-corrected chi connectivity index (χ1v) is 5.74. The van der Waals surface area contributed by atoms with Crippen LogP contribution in [0.15, 0.2) is 5.16 Å². The zero-order valence-electron chi connectivity index (χ0n) is 9.73. The number of carbonyl (C=O) groups excluding carboxylic acids is 1. The first-order chi connectivity index (χ1) is 8.01. The van der Waals surface area contributed by atoms with Gasteiger partial charge < -0.3 is 15.3 Å². The van der Waals surface area contributed by atoms with Crippen LogP contribution in [0.1, 0.15) is 39.0 Å². The Bertz CT molecular complexity index is 374. The van der Waals surface area contributed by atoms with Crippen LogP contribution >= 0.6 is 0 Å². The summed E-state index contributed by atoms with van der Waals surface area (Å²) >= 11 is 0. The summed E-state index contributed by atoms with van der Waals surface area (Å²) in [4.78, 5) is 27.6. The monoisotopic (exact) mass is 240 g/mol. The molecular weight excluding hydrogens is 224 g/mol. The Hall–Kier alpha value is -1.59. The third-order valence-corrected chi connectivity index (χ3v) is 3.30. The zero-order chi connectivity index (χ0) is 12.5. The first-order valence-electron chi connectivity index (χ1n) is 5.74. The molecule has 0 radical (unpaired) electrons. The highest BCUT2D eigenvalue weighted by atomic mass is 16.6. The van der Waals surface area contributed by atoms with Crippen LogP contribution in [-0.4, -0.2) is 34.3 Å². The van der Waals surface area contributed by atoms with Gasteiger partial charge in [-0.1, -0.05) is 5.16 Å². The second-order valence-corrected chi connectivity index (χ2v) is 4.82. The highest BCUT2D eigenvalue weighted by molar-refractivity contribution is 5.92. The number of amides is 1. The van der Waals surface area contributed by atoms with Gasteiger partial charge in [0, 0.05) is 6.42 Å². The van der Waals surface area contributed by atoms with Crippen LogP contribution in [0.25, 0.3) is 0 Å². The molecule has 0 unspecified atom stereocenters. The highest BCUT2D eigenvalue weighted by Crippen LogP contribution is 2.35. The summed E-state index contributed by atoms with van der Waals surface area (Å²) in [6, 6.07) is 0. The number of hydrogen-bond donors (Lipinski definition) is 2. The minimum atomic E-state index is -0.884. The van der Waals surface area contributed by atoms with Crippen LogP contribution in [0.3, 0.4) is 0 Å². The van der Waals surface area contributed by atoms with E-state index in [4.69, 9.17) is 9.94 Å². The smallest absolute Gasteiger partial charge is 0.305 e. The Kier molecular flexibility index (Phi) is 3.04. The van der Waals surface area contributed by atoms with Crippen LogP contribution in [0.2, 0.25) is 0 Å². The van der Waals surface area contributed by atoms with Crippen molar-refractivity contribution in [1.29, 1.82) is 0 Å². The van der Waals surface area contributed by atoms with Crippen molar-refractivity contribution in [3.05, 3.63) is 0 Å². The van der Waals surface area contributed by atoms with E-state index in [2.05, 4.69) is 10.5 Å². The van der Waals surface area contributed by atoms with E-state index in [1.807, 2.05) is 0 Å². The molecule has 2 aliphatic rings. The van der Waals surface area contributed by atoms with E-state index in [9.17, 15) is 9.59 Å². The van der Waals surface area contributed by atoms with Gasteiger partial charge >= 0.3 is 5.97 Å². The topological polar surface area (TPSA) is 88.0 Å². The molecule has 2 rings (SSSR count). The second-order valence-electron chi connectivity index (χ2n) is 4.82. The molecule has 1 aliphatic carbocycles. The number of oxime groups is 1. The lowest BCUT2D eigenvalue weighted by Gasteiger charge is -2.41. The van der Waals surface area contributed by atoms with E-state index in [-0.39, 0.29) is 12.3 Å². The van der Waals surface area contributed by atoms with Crippen LogP contribution < -0.4 is 5.32 Å². The van der Waals surface area contributed by atoms with Crippen LogP contribution in [0.4, 0.5) is 0 Å². The van der Waals surface area contributed by atoms with E-state index < -0.39 is 17.6 Å². The number of hydrogen-bond acceptors (Lipinski definition) is 4. The summed E-state index contributed by atoms with van der Waals surface area (Å²) in [5.41, 5.74) is 0.217. The van der Waals surface area contributed by atoms with E-state index in [0.717, 1.165) is 25.0 Å². The molecule has 1 heterocycles. The zero-order valence-corrected chi connectivity index (χ0v) is 9.73. The molecule has 0 bridgehead atoms. The molecule has 0 saturated heterocycles. The van der Waals surface area contributed by atoms with Gasteiger partial charge in [0.1, 0.15) is 0 Å². The van der Waals surface area contributed by atoms with Gasteiger partial charge in [0.25, 0.3) is 5.91 Å². The van der Waals surface area contributed by atoms with Gasteiger partial charge in [-0.25, -0.2) is 0 Å². The van der Waals surface area contributed by atoms with Crippen molar-refractivity contribution in [2.75, 3.05) is 0 Å². The van der Waals surface area contributed by atoms with Gasteiger partial charge in [0.05, 0.1) is 17.7 Å². The van der Waals surface area contributed by atoms with Gasteiger partial charge in [-0.2, -0.15) is 0 Å². The van der Waals surface area contributed by atoms with Crippen molar-refractivity contribution in [3.63, 3.8) is 0 Å². The molecule has 17 heavy (non-hydrogen) atoms. The average Bonchev–Trinajstić information content (AvgIpc) is 2.60. The van der Waals surface area contributed by atoms with Gasteiger partial charge in [-0.15, -0.1) is 0 Å².